The molecule has 1 unspecified atom stereocenters. The summed E-state index contributed by atoms with van der Waals surface area (Å²) in [6.07, 6.45) is 3.24. The molecular formula is C26H34N2O4. The van der Waals surface area contributed by atoms with Crippen molar-refractivity contribution in [1.29, 1.82) is 0 Å². The standard InChI is InChI=1S/C26H34N2O4/c1-5-7-8-9-15-28-24(29)20-12-10-11-19-22(14-13-21(23(19)20)25(28)30)27(6-2)16-17-32-26(31)18(3)4/h10-14,25,30H,3,5-9,15-17H2,1-2,4H3. The SMILES string of the molecule is C=C(C)C(=O)OCCN(CC)c1ccc2c3c(cccc13)C(=O)N(CCCCCC)C2O. The van der Waals surface area contributed by atoms with Crippen LogP contribution in [0.1, 0.15) is 68.6 Å². The fourth-order valence-electron chi connectivity index (χ4n) is 4.27. The Morgan fingerprint density at radius 2 is 1.97 bits per heavy atom. The molecule has 0 radical (unpaired) electrons. The molecule has 1 atom stereocenters. The molecule has 0 spiro atoms. The molecule has 0 saturated heterocycles. The molecular weight excluding hydrogens is 404 g/mol. The summed E-state index contributed by atoms with van der Waals surface area (Å²) in [5.41, 5.74) is 2.72. The average Bonchev–Trinajstić information content (AvgIpc) is 2.79. The normalized spacial score (nSPS) is 15.2. The predicted molar refractivity (Wildman–Crippen MR) is 128 cm³/mol. The van der Waals surface area contributed by atoms with E-state index in [2.05, 4.69) is 18.4 Å². The van der Waals surface area contributed by atoms with Crippen molar-refractivity contribution in [2.24, 2.45) is 0 Å². The number of hydrogen-bond donors (Lipinski definition) is 1. The lowest BCUT2D eigenvalue weighted by molar-refractivity contribution is -0.138. The molecule has 1 aliphatic rings. The van der Waals surface area contributed by atoms with Crippen LogP contribution >= 0.6 is 0 Å². The van der Waals surface area contributed by atoms with Crippen molar-refractivity contribution in [1.82, 2.24) is 4.90 Å². The highest BCUT2D eigenvalue weighted by molar-refractivity contribution is 6.13. The van der Waals surface area contributed by atoms with Crippen LogP contribution in [0.25, 0.3) is 10.8 Å². The Balaban J connectivity index is 1.88. The zero-order valence-corrected chi connectivity index (χ0v) is 19.4. The zero-order chi connectivity index (χ0) is 23.3. The number of ether oxygens (including phenoxy) is 1. The molecule has 1 aliphatic heterocycles. The van der Waals surface area contributed by atoms with Crippen LogP contribution in [-0.4, -0.2) is 48.1 Å². The number of rotatable bonds is 11. The van der Waals surface area contributed by atoms with Crippen molar-refractivity contribution < 1.29 is 19.4 Å². The van der Waals surface area contributed by atoms with E-state index in [0.29, 0.717) is 30.8 Å². The molecule has 172 valence electrons. The Kier molecular flexibility index (Phi) is 7.91. The lowest BCUT2D eigenvalue weighted by atomic mass is 9.92. The summed E-state index contributed by atoms with van der Waals surface area (Å²) in [5.74, 6) is -0.520. The lowest BCUT2D eigenvalue weighted by Gasteiger charge is -2.35. The topological polar surface area (TPSA) is 70.1 Å². The first-order valence-electron chi connectivity index (χ1n) is 11.5. The van der Waals surface area contributed by atoms with Crippen molar-refractivity contribution in [3.63, 3.8) is 0 Å². The third kappa shape index (κ3) is 4.80. The maximum atomic E-state index is 13.2. The number of carbonyl (C=O) groups is 2. The fourth-order valence-corrected chi connectivity index (χ4v) is 4.27. The molecule has 0 saturated carbocycles. The second-order valence-electron chi connectivity index (χ2n) is 8.33. The van der Waals surface area contributed by atoms with E-state index in [-0.39, 0.29) is 12.5 Å². The van der Waals surface area contributed by atoms with Crippen LogP contribution in [-0.2, 0) is 9.53 Å². The number of carbonyl (C=O) groups excluding carboxylic acids is 2. The quantitative estimate of drug-likeness (QED) is 0.310. The van der Waals surface area contributed by atoms with Gasteiger partial charge in [-0.05, 0) is 32.4 Å². The van der Waals surface area contributed by atoms with Gasteiger partial charge in [0.1, 0.15) is 6.61 Å². The second-order valence-corrected chi connectivity index (χ2v) is 8.33. The summed E-state index contributed by atoms with van der Waals surface area (Å²) in [5, 5.41) is 12.8. The van der Waals surface area contributed by atoms with E-state index < -0.39 is 12.2 Å². The molecule has 0 fully saturated rings. The van der Waals surface area contributed by atoms with Gasteiger partial charge < -0.3 is 19.6 Å². The van der Waals surface area contributed by atoms with Gasteiger partial charge in [0.15, 0.2) is 6.23 Å². The van der Waals surface area contributed by atoms with Crippen molar-refractivity contribution in [3.05, 3.63) is 53.6 Å². The van der Waals surface area contributed by atoms with Gasteiger partial charge in [-0.2, -0.15) is 0 Å². The second kappa shape index (κ2) is 10.6. The van der Waals surface area contributed by atoms with Crippen molar-refractivity contribution in [2.45, 2.75) is 52.7 Å². The molecule has 0 bridgehead atoms. The summed E-state index contributed by atoms with van der Waals surface area (Å²) < 4.78 is 5.27. The third-order valence-electron chi connectivity index (χ3n) is 6.03. The number of anilines is 1. The molecule has 0 aromatic heterocycles. The fraction of sp³-hybridized carbons (Fsp3) is 0.462. The van der Waals surface area contributed by atoms with Gasteiger partial charge in [0.2, 0.25) is 0 Å². The number of aliphatic hydroxyl groups is 1. The Bertz CT molecular complexity index is 1000. The minimum Gasteiger partial charge on any atom is -0.460 e. The first kappa shape index (κ1) is 23.8. The molecule has 6 heteroatoms. The molecule has 1 heterocycles. The van der Waals surface area contributed by atoms with E-state index in [9.17, 15) is 14.7 Å². The maximum absolute atomic E-state index is 13.2. The summed E-state index contributed by atoms with van der Waals surface area (Å²) in [6.45, 7) is 11.4. The van der Waals surface area contributed by atoms with Crippen LogP contribution in [0.4, 0.5) is 5.69 Å². The minimum atomic E-state index is -0.942. The van der Waals surface area contributed by atoms with E-state index in [0.717, 1.165) is 47.7 Å². The van der Waals surface area contributed by atoms with Crippen molar-refractivity contribution in [2.75, 3.05) is 31.1 Å². The highest BCUT2D eigenvalue weighted by Gasteiger charge is 2.33. The van der Waals surface area contributed by atoms with Crippen LogP contribution < -0.4 is 4.90 Å². The first-order valence-corrected chi connectivity index (χ1v) is 11.5. The minimum absolute atomic E-state index is 0.123. The molecule has 1 amide bonds. The summed E-state index contributed by atoms with van der Waals surface area (Å²) in [6, 6.07) is 9.62. The van der Waals surface area contributed by atoms with Gasteiger partial charge >= 0.3 is 5.97 Å². The summed E-state index contributed by atoms with van der Waals surface area (Å²) in [7, 11) is 0. The number of aliphatic hydroxyl groups excluding tert-OH is 1. The number of amides is 1. The monoisotopic (exact) mass is 438 g/mol. The third-order valence-corrected chi connectivity index (χ3v) is 6.03. The molecule has 32 heavy (non-hydrogen) atoms. The number of unbranched alkanes of at least 4 members (excludes halogenated alkanes) is 3. The summed E-state index contributed by atoms with van der Waals surface area (Å²) in [4.78, 5) is 28.6. The van der Waals surface area contributed by atoms with Gasteiger partial charge in [-0.15, -0.1) is 0 Å². The average molecular weight is 439 g/mol. The highest BCUT2D eigenvalue weighted by Crippen LogP contribution is 2.40. The van der Waals surface area contributed by atoms with E-state index >= 15 is 0 Å². The van der Waals surface area contributed by atoms with Crippen LogP contribution in [0.2, 0.25) is 0 Å². The van der Waals surface area contributed by atoms with E-state index in [4.69, 9.17) is 4.74 Å². The molecule has 2 aromatic carbocycles. The van der Waals surface area contributed by atoms with Gasteiger partial charge in [0.25, 0.3) is 5.91 Å². The van der Waals surface area contributed by atoms with Crippen LogP contribution in [0, 0.1) is 0 Å². The number of hydrogen-bond acceptors (Lipinski definition) is 5. The number of esters is 1. The predicted octanol–water partition coefficient (Wildman–Crippen LogP) is 4.81. The Morgan fingerprint density at radius 3 is 2.66 bits per heavy atom. The van der Waals surface area contributed by atoms with E-state index in [1.54, 1.807) is 11.8 Å². The Morgan fingerprint density at radius 1 is 1.19 bits per heavy atom. The van der Waals surface area contributed by atoms with E-state index in [1.807, 2.05) is 37.3 Å². The zero-order valence-electron chi connectivity index (χ0n) is 19.4. The molecule has 1 N–H and O–H groups in total. The van der Waals surface area contributed by atoms with Crippen LogP contribution in [0.15, 0.2) is 42.5 Å². The number of nitrogens with zero attached hydrogens (tertiary/aromatic N) is 2. The van der Waals surface area contributed by atoms with Gasteiger partial charge in [-0.1, -0.05) is 51.0 Å². The van der Waals surface area contributed by atoms with Crippen molar-refractivity contribution in [3.8, 4) is 0 Å². The largest absolute Gasteiger partial charge is 0.460 e. The number of likely N-dealkylation sites (N-methyl/N-ethyl adjacent to an activating group) is 1. The Labute approximate surface area is 190 Å². The van der Waals surface area contributed by atoms with Crippen LogP contribution in [0.3, 0.4) is 0 Å². The van der Waals surface area contributed by atoms with Gasteiger partial charge in [-0.3, -0.25) is 4.79 Å². The number of benzene rings is 2. The summed E-state index contributed by atoms with van der Waals surface area (Å²) >= 11 is 0. The molecule has 6 nitrogen and oxygen atoms in total. The molecule has 2 aromatic rings. The smallest absolute Gasteiger partial charge is 0.333 e. The first-order chi connectivity index (χ1) is 15.4. The van der Waals surface area contributed by atoms with E-state index in [1.165, 1.54) is 0 Å². The molecule has 0 aliphatic carbocycles. The van der Waals surface area contributed by atoms with Gasteiger partial charge in [-0.25, -0.2) is 4.79 Å². The van der Waals surface area contributed by atoms with Crippen LogP contribution in [0.5, 0.6) is 0 Å². The van der Waals surface area contributed by atoms with Gasteiger partial charge in [0, 0.05) is 46.2 Å². The molecule has 3 rings (SSSR count). The maximum Gasteiger partial charge on any atom is 0.333 e. The van der Waals surface area contributed by atoms with Gasteiger partial charge in [0.05, 0.1) is 6.54 Å². The lowest BCUT2D eigenvalue weighted by Crippen LogP contribution is -2.39. The van der Waals surface area contributed by atoms with Crippen molar-refractivity contribution >= 4 is 28.3 Å². The highest BCUT2D eigenvalue weighted by atomic mass is 16.5. The Hall–Kier alpha value is -2.86.